The van der Waals surface area contributed by atoms with Gasteiger partial charge >= 0.3 is 0 Å². The zero-order chi connectivity index (χ0) is 14.7. The highest BCUT2D eigenvalue weighted by molar-refractivity contribution is 5.50. The van der Waals surface area contributed by atoms with Crippen LogP contribution in [0.2, 0.25) is 0 Å². The van der Waals surface area contributed by atoms with Gasteiger partial charge in [-0.25, -0.2) is 9.07 Å². The minimum Gasteiger partial charge on any atom is -0.379 e. The van der Waals surface area contributed by atoms with Crippen LogP contribution in [0.4, 0.5) is 10.1 Å². The Morgan fingerprint density at radius 1 is 1.10 bits per heavy atom. The summed E-state index contributed by atoms with van der Waals surface area (Å²) < 4.78 is 14.9. The Morgan fingerprint density at radius 2 is 1.90 bits per heavy atom. The maximum absolute atomic E-state index is 13.1. The minimum atomic E-state index is -0.216. The van der Waals surface area contributed by atoms with Gasteiger partial charge in [0.1, 0.15) is 5.82 Å². The fraction of sp³-hybridized carbons (Fsp3) is 0.118. The van der Waals surface area contributed by atoms with Crippen molar-refractivity contribution >= 4 is 5.69 Å². The average Bonchev–Trinajstić information content (AvgIpc) is 2.96. The molecule has 1 N–H and O–H groups in total. The summed E-state index contributed by atoms with van der Waals surface area (Å²) in [6, 6.07) is 16.7. The van der Waals surface area contributed by atoms with Crippen molar-refractivity contribution in [3.63, 3.8) is 0 Å². The lowest BCUT2D eigenvalue weighted by Crippen LogP contribution is -2.03. The predicted molar refractivity (Wildman–Crippen MR) is 82.0 cm³/mol. The molecule has 0 saturated heterocycles. The Bertz CT molecular complexity index is 735. The number of aromatic nitrogens is 2. The zero-order valence-corrected chi connectivity index (χ0v) is 11.8. The molecule has 0 fully saturated rings. The molecule has 3 nitrogen and oxygen atoms in total. The maximum Gasteiger partial charge on any atom is 0.123 e. The number of nitrogens with zero attached hydrogens (tertiary/aromatic N) is 2. The van der Waals surface area contributed by atoms with Crippen molar-refractivity contribution in [3.8, 4) is 5.69 Å². The SMILES string of the molecule is Cc1cc(F)ccc1NCc1ccn(-c2ccccc2)n1. The van der Waals surface area contributed by atoms with Gasteiger partial charge in [-0.15, -0.1) is 0 Å². The molecule has 0 spiro atoms. The summed E-state index contributed by atoms with van der Waals surface area (Å²) >= 11 is 0. The first kappa shape index (κ1) is 13.4. The van der Waals surface area contributed by atoms with Crippen LogP contribution in [0.3, 0.4) is 0 Å². The Kier molecular flexibility index (Phi) is 3.69. The summed E-state index contributed by atoms with van der Waals surface area (Å²) in [5.74, 6) is -0.216. The third-order valence-corrected chi connectivity index (χ3v) is 3.31. The molecule has 3 rings (SSSR count). The van der Waals surface area contributed by atoms with Crippen molar-refractivity contribution in [2.45, 2.75) is 13.5 Å². The molecule has 0 radical (unpaired) electrons. The van der Waals surface area contributed by atoms with Gasteiger partial charge in [0.15, 0.2) is 0 Å². The van der Waals surface area contributed by atoms with E-state index >= 15 is 0 Å². The molecule has 0 aliphatic rings. The minimum absolute atomic E-state index is 0.216. The summed E-state index contributed by atoms with van der Waals surface area (Å²) in [5, 5.41) is 7.80. The van der Waals surface area contributed by atoms with Crippen LogP contribution in [0.5, 0.6) is 0 Å². The number of halogens is 1. The third kappa shape index (κ3) is 3.11. The van der Waals surface area contributed by atoms with E-state index in [1.807, 2.05) is 54.2 Å². The molecule has 0 saturated carbocycles. The summed E-state index contributed by atoms with van der Waals surface area (Å²) in [5.41, 5.74) is 3.77. The predicted octanol–water partition coefficient (Wildman–Crippen LogP) is 3.93. The van der Waals surface area contributed by atoms with Crippen molar-refractivity contribution in [1.82, 2.24) is 9.78 Å². The van der Waals surface area contributed by atoms with E-state index in [1.54, 1.807) is 6.07 Å². The molecule has 0 amide bonds. The maximum atomic E-state index is 13.1. The fourth-order valence-electron chi connectivity index (χ4n) is 2.19. The summed E-state index contributed by atoms with van der Waals surface area (Å²) in [7, 11) is 0. The lowest BCUT2D eigenvalue weighted by atomic mass is 10.2. The topological polar surface area (TPSA) is 29.9 Å². The molecule has 1 aromatic heterocycles. The van der Waals surface area contributed by atoms with E-state index in [-0.39, 0.29) is 5.82 Å². The molecule has 0 aliphatic carbocycles. The number of para-hydroxylation sites is 1. The first-order valence-corrected chi connectivity index (χ1v) is 6.82. The second kappa shape index (κ2) is 5.79. The Balaban J connectivity index is 1.70. The van der Waals surface area contributed by atoms with Crippen LogP contribution in [0.1, 0.15) is 11.3 Å². The van der Waals surface area contributed by atoms with Gasteiger partial charge in [0, 0.05) is 11.9 Å². The van der Waals surface area contributed by atoms with E-state index in [0.717, 1.165) is 22.6 Å². The van der Waals surface area contributed by atoms with Crippen molar-refractivity contribution in [2.24, 2.45) is 0 Å². The first-order valence-electron chi connectivity index (χ1n) is 6.82. The van der Waals surface area contributed by atoms with Crippen molar-refractivity contribution in [1.29, 1.82) is 0 Å². The van der Waals surface area contributed by atoms with E-state index in [2.05, 4.69) is 10.4 Å². The van der Waals surface area contributed by atoms with Crippen LogP contribution in [0.25, 0.3) is 5.69 Å². The summed E-state index contributed by atoms with van der Waals surface area (Å²) in [6.07, 6.45) is 1.93. The van der Waals surface area contributed by atoms with Gasteiger partial charge in [-0.05, 0) is 48.9 Å². The second-order valence-corrected chi connectivity index (χ2v) is 4.90. The summed E-state index contributed by atoms with van der Waals surface area (Å²) in [4.78, 5) is 0. The van der Waals surface area contributed by atoms with Crippen molar-refractivity contribution < 1.29 is 4.39 Å². The first-order chi connectivity index (χ1) is 10.2. The molecule has 3 aromatic rings. The number of benzene rings is 2. The highest BCUT2D eigenvalue weighted by Crippen LogP contribution is 2.16. The van der Waals surface area contributed by atoms with Crippen molar-refractivity contribution in [3.05, 3.63) is 77.9 Å². The molecule has 2 aromatic carbocycles. The van der Waals surface area contributed by atoms with Crippen molar-refractivity contribution in [2.75, 3.05) is 5.32 Å². The van der Waals surface area contributed by atoms with Crippen LogP contribution in [-0.2, 0) is 6.54 Å². The highest BCUT2D eigenvalue weighted by Gasteiger charge is 2.03. The van der Waals surface area contributed by atoms with E-state index in [0.29, 0.717) is 6.54 Å². The van der Waals surface area contributed by atoms with Crippen LogP contribution in [0, 0.1) is 12.7 Å². The van der Waals surface area contributed by atoms with E-state index in [4.69, 9.17) is 0 Å². The van der Waals surface area contributed by atoms with E-state index < -0.39 is 0 Å². The molecule has 21 heavy (non-hydrogen) atoms. The molecule has 4 heteroatoms. The average molecular weight is 281 g/mol. The van der Waals surface area contributed by atoms with Crippen LogP contribution >= 0.6 is 0 Å². The second-order valence-electron chi connectivity index (χ2n) is 4.90. The normalized spacial score (nSPS) is 10.6. The Morgan fingerprint density at radius 3 is 2.67 bits per heavy atom. The van der Waals surface area contributed by atoms with Crippen LogP contribution in [-0.4, -0.2) is 9.78 Å². The molecule has 0 bridgehead atoms. The number of nitrogens with one attached hydrogen (secondary N) is 1. The largest absolute Gasteiger partial charge is 0.379 e. The van der Waals surface area contributed by atoms with Gasteiger partial charge in [0.2, 0.25) is 0 Å². The van der Waals surface area contributed by atoms with E-state index in [9.17, 15) is 4.39 Å². The molecule has 1 heterocycles. The Labute approximate surface area is 123 Å². The van der Waals surface area contributed by atoms with Crippen LogP contribution in [0.15, 0.2) is 60.8 Å². The number of aryl methyl sites for hydroxylation is 1. The third-order valence-electron chi connectivity index (χ3n) is 3.31. The van der Waals surface area contributed by atoms with Crippen LogP contribution < -0.4 is 5.32 Å². The van der Waals surface area contributed by atoms with E-state index in [1.165, 1.54) is 12.1 Å². The van der Waals surface area contributed by atoms with Gasteiger partial charge in [-0.3, -0.25) is 0 Å². The molecule has 0 unspecified atom stereocenters. The number of anilines is 1. The molecular weight excluding hydrogens is 265 g/mol. The quantitative estimate of drug-likeness (QED) is 0.785. The number of hydrogen-bond donors (Lipinski definition) is 1. The van der Waals surface area contributed by atoms with Gasteiger partial charge in [-0.1, -0.05) is 18.2 Å². The smallest absolute Gasteiger partial charge is 0.123 e. The lowest BCUT2D eigenvalue weighted by Gasteiger charge is -2.08. The summed E-state index contributed by atoms with van der Waals surface area (Å²) in [6.45, 7) is 2.49. The number of rotatable bonds is 4. The number of hydrogen-bond acceptors (Lipinski definition) is 2. The monoisotopic (exact) mass is 281 g/mol. The zero-order valence-electron chi connectivity index (χ0n) is 11.8. The van der Waals surface area contributed by atoms with Gasteiger partial charge in [0.05, 0.1) is 17.9 Å². The Hall–Kier alpha value is -2.62. The van der Waals surface area contributed by atoms with Gasteiger partial charge in [-0.2, -0.15) is 5.10 Å². The standard InChI is InChI=1S/C17H16FN3/c1-13-11-14(18)7-8-17(13)19-12-15-9-10-21(20-15)16-5-3-2-4-6-16/h2-11,19H,12H2,1H3. The molecule has 0 atom stereocenters. The fourth-order valence-corrected chi connectivity index (χ4v) is 2.19. The molecule has 0 aliphatic heterocycles. The molecule has 106 valence electrons. The lowest BCUT2D eigenvalue weighted by molar-refractivity contribution is 0.627. The van der Waals surface area contributed by atoms with Gasteiger partial charge in [0.25, 0.3) is 0 Å². The highest BCUT2D eigenvalue weighted by atomic mass is 19.1. The van der Waals surface area contributed by atoms with Gasteiger partial charge < -0.3 is 5.32 Å². The molecular formula is C17H16FN3.